The number of anilines is 1. The molecular weight excluding hydrogens is 411 g/mol. The number of alkyl halides is 3. The summed E-state index contributed by atoms with van der Waals surface area (Å²) >= 11 is 0. The Labute approximate surface area is 177 Å². The van der Waals surface area contributed by atoms with Crippen molar-refractivity contribution >= 4 is 11.6 Å². The minimum Gasteiger partial charge on any atom is -0.396 e. The van der Waals surface area contributed by atoms with E-state index in [0.717, 1.165) is 6.07 Å². The van der Waals surface area contributed by atoms with Crippen LogP contribution in [0.2, 0.25) is 0 Å². The van der Waals surface area contributed by atoms with Crippen LogP contribution in [0.1, 0.15) is 28.2 Å². The van der Waals surface area contributed by atoms with Crippen molar-refractivity contribution in [3.8, 4) is 6.07 Å². The van der Waals surface area contributed by atoms with E-state index in [0.29, 0.717) is 44.1 Å². The number of benzene rings is 1. The monoisotopic (exact) mass is 433 g/mol. The van der Waals surface area contributed by atoms with Gasteiger partial charge in [-0.1, -0.05) is 0 Å². The SMILES string of the molecule is Cn1ccnc1C(=O)N1C[C@H]2CN(c3ccc(C#N)c(C(F)(F)F)c3)CC[C@@]2(CO)C1. The van der Waals surface area contributed by atoms with Crippen LogP contribution in [0.25, 0.3) is 0 Å². The lowest BCUT2D eigenvalue weighted by Gasteiger charge is -2.43. The smallest absolute Gasteiger partial charge is 0.396 e. The highest BCUT2D eigenvalue weighted by atomic mass is 19.4. The van der Waals surface area contributed by atoms with E-state index in [1.165, 1.54) is 12.1 Å². The number of hydrogen-bond acceptors (Lipinski definition) is 5. The number of aryl methyl sites for hydroxylation is 1. The van der Waals surface area contributed by atoms with E-state index in [2.05, 4.69) is 4.98 Å². The first-order valence-electron chi connectivity index (χ1n) is 9.92. The maximum absolute atomic E-state index is 13.4. The normalized spacial score (nSPS) is 23.5. The van der Waals surface area contributed by atoms with Crippen LogP contribution >= 0.6 is 0 Å². The van der Waals surface area contributed by atoms with E-state index in [1.807, 2.05) is 4.90 Å². The van der Waals surface area contributed by atoms with Crippen LogP contribution in [0, 0.1) is 22.7 Å². The zero-order chi connectivity index (χ0) is 22.4. The fourth-order valence-electron chi connectivity index (χ4n) is 4.70. The van der Waals surface area contributed by atoms with E-state index >= 15 is 0 Å². The fraction of sp³-hybridized carbons (Fsp3) is 0.476. The third kappa shape index (κ3) is 3.63. The van der Waals surface area contributed by atoms with Gasteiger partial charge in [0.25, 0.3) is 5.91 Å². The summed E-state index contributed by atoms with van der Waals surface area (Å²) in [6.45, 7) is 1.54. The Morgan fingerprint density at radius 1 is 1.39 bits per heavy atom. The number of rotatable bonds is 3. The van der Waals surface area contributed by atoms with Gasteiger partial charge in [0.2, 0.25) is 0 Å². The molecule has 2 aliphatic rings. The van der Waals surface area contributed by atoms with Gasteiger partial charge in [-0.15, -0.1) is 0 Å². The molecule has 164 valence electrons. The maximum atomic E-state index is 13.4. The molecule has 2 aromatic rings. The molecule has 2 saturated heterocycles. The average molecular weight is 433 g/mol. The first kappa shape index (κ1) is 21.2. The number of halogens is 3. The summed E-state index contributed by atoms with van der Waals surface area (Å²) in [5.74, 6) is -0.00930. The lowest BCUT2D eigenvalue weighted by molar-refractivity contribution is -0.137. The minimum absolute atomic E-state index is 0.0968. The molecule has 31 heavy (non-hydrogen) atoms. The lowest BCUT2D eigenvalue weighted by atomic mass is 9.73. The summed E-state index contributed by atoms with van der Waals surface area (Å²) in [7, 11) is 1.73. The number of fused-ring (bicyclic) bond motifs is 1. The van der Waals surface area contributed by atoms with Gasteiger partial charge >= 0.3 is 6.18 Å². The van der Waals surface area contributed by atoms with Crippen molar-refractivity contribution in [1.29, 1.82) is 5.26 Å². The zero-order valence-corrected chi connectivity index (χ0v) is 16.9. The molecule has 0 unspecified atom stereocenters. The molecule has 3 heterocycles. The lowest BCUT2D eigenvalue weighted by Crippen LogP contribution is -2.49. The topological polar surface area (TPSA) is 85.4 Å². The van der Waals surface area contributed by atoms with Gasteiger partial charge in [-0.2, -0.15) is 18.4 Å². The Bertz CT molecular complexity index is 1040. The van der Waals surface area contributed by atoms with Gasteiger partial charge < -0.3 is 19.5 Å². The molecule has 0 saturated carbocycles. The number of amides is 1. The van der Waals surface area contributed by atoms with Crippen molar-refractivity contribution in [2.45, 2.75) is 12.6 Å². The molecule has 10 heteroatoms. The number of aliphatic hydroxyl groups excluding tert-OH is 1. The van der Waals surface area contributed by atoms with Crippen LogP contribution in [0.4, 0.5) is 18.9 Å². The average Bonchev–Trinajstić information content (AvgIpc) is 3.35. The predicted octanol–water partition coefficient (Wildman–Crippen LogP) is 2.27. The number of imidazole rings is 1. The summed E-state index contributed by atoms with van der Waals surface area (Å²) in [6, 6.07) is 5.32. The molecule has 1 amide bonds. The molecule has 0 aliphatic carbocycles. The number of carbonyl (C=O) groups excluding carboxylic acids is 1. The summed E-state index contributed by atoms with van der Waals surface area (Å²) in [6.07, 6.45) is -0.851. The van der Waals surface area contributed by atoms with Crippen molar-refractivity contribution in [3.63, 3.8) is 0 Å². The zero-order valence-electron chi connectivity index (χ0n) is 16.9. The number of aliphatic hydroxyl groups is 1. The third-order valence-corrected chi connectivity index (χ3v) is 6.54. The fourth-order valence-corrected chi connectivity index (χ4v) is 4.70. The highest BCUT2D eigenvalue weighted by Crippen LogP contribution is 2.44. The van der Waals surface area contributed by atoms with Gasteiger partial charge in [0.1, 0.15) is 0 Å². The minimum atomic E-state index is -4.62. The molecule has 0 spiro atoms. The Balaban J connectivity index is 1.57. The van der Waals surface area contributed by atoms with Crippen LogP contribution in [0.3, 0.4) is 0 Å². The molecule has 7 nitrogen and oxygen atoms in total. The molecule has 0 radical (unpaired) electrons. The van der Waals surface area contributed by atoms with Gasteiger partial charge in [0, 0.05) is 62.6 Å². The second-order valence-corrected chi connectivity index (χ2v) is 8.30. The van der Waals surface area contributed by atoms with E-state index in [4.69, 9.17) is 5.26 Å². The van der Waals surface area contributed by atoms with Gasteiger partial charge in [-0.05, 0) is 24.6 Å². The number of piperidine rings is 1. The number of likely N-dealkylation sites (tertiary alicyclic amines) is 1. The second kappa shape index (κ2) is 7.57. The van der Waals surface area contributed by atoms with Crippen LogP contribution in [0.5, 0.6) is 0 Å². The van der Waals surface area contributed by atoms with Crippen molar-refractivity contribution < 1.29 is 23.1 Å². The molecule has 2 aliphatic heterocycles. The molecule has 0 bridgehead atoms. The largest absolute Gasteiger partial charge is 0.417 e. The Morgan fingerprint density at radius 3 is 2.77 bits per heavy atom. The molecule has 2 fully saturated rings. The van der Waals surface area contributed by atoms with Crippen molar-refractivity contribution in [2.75, 3.05) is 37.7 Å². The van der Waals surface area contributed by atoms with Gasteiger partial charge in [-0.3, -0.25) is 4.79 Å². The van der Waals surface area contributed by atoms with E-state index in [-0.39, 0.29) is 18.4 Å². The number of aromatic nitrogens is 2. The molecule has 1 aromatic heterocycles. The molecule has 2 atom stereocenters. The summed E-state index contributed by atoms with van der Waals surface area (Å²) in [5.41, 5.74) is -1.47. The Hall–Kier alpha value is -3.06. The molecule has 4 rings (SSSR count). The van der Waals surface area contributed by atoms with E-state index in [9.17, 15) is 23.1 Å². The molecular formula is C21H22F3N5O2. The maximum Gasteiger partial charge on any atom is 0.417 e. The standard InChI is InChI=1S/C21H22F3N5O2/c1-27-7-5-26-18(27)19(31)29-11-15-10-28(6-4-20(15,12-29)13-30)16-3-2-14(9-25)17(8-16)21(22,23)24/h2-3,5,7-8,15,30H,4,6,10-13H2,1H3/t15-,20+/m1/s1. The Kier molecular flexibility index (Phi) is 5.17. The second-order valence-electron chi connectivity index (χ2n) is 8.30. The summed E-state index contributed by atoms with van der Waals surface area (Å²) < 4.78 is 41.7. The molecule has 1 aromatic carbocycles. The highest BCUT2D eigenvalue weighted by Gasteiger charge is 2.51. The van der Waals surface area contributed by atoms with Crippen molar-refractivity contribution in [3.05, 3.63) is 47.5 Å². The van der Waals surface area contributed by atoms with Crippen LogP contribution in [0.15, 0.2) is 30.6 Å². The number of carbonyl (C=O) groups is 1. The third-order valence-electron chi connectivity index (χ3n) is 6.54. The summed E-state index contributed by atoms with van der Waals surface area (Å²) in [4.78, 5) is 20.5. The number of hydrogen-bond donors (Lipinski definition) is 1. The quantitative estimate of drug-likeness (QED) is 0.803. The van der Waals surface area contributed by atoms with Crippen molar-refractivity contribution in [2.24, 2.45) is 18.4 Å². The van der Waals surface area contributed by atoms with Crippen LogP contribution in [-0.2, 0) is 13.2 Å². The van der Waals surface area contributed by atoms with Gasteiger partial charge in [0.05, 0.1) is 23.8 Å². The number of nitriles is 1. The van der Waals surface area contributed by atoms with E-state index < -0.39 is 22.7 Å². The van der Waals surface area contributed by atoms with Crippen molar-refractivity contribution in [1.82, 2.24) is 14.5 Å². The first-order valence-corrected chi connectivity index (χ1v) is 9.92. The highest BCUT2D eigenvalue weighted by molar-refractivity contribution is 5.91. The summed E-state index contributed by atoms with van der Waals surface area (Å²) in [5, 5.41) is 19.2. The van der Waals surface area contributed by atoms with E-state index in [1.54, 1.807) is 35.0 Å². The number of nitrogens with zero attached hydrogens (tertiary/aromatic N) is 5. The van der Waals surface area contributed by atoms with Gasteiger partial charge in [-0.25, -0.2) is 4.98 Å². The first-order chi connectivity index (χ1) is 14.7. The Morgan fingerprint density at radius 2 is 2.16 bits per heavy atom. The predicted molar refractivity (Wildman–Crippen MR) is 105 cm³/mol. The molecule has 1 N–H and O–H groups in total. The van der Waals surface area contributed by atoms with Gasteiger partial charge in [0.15, 0.2) is 5.82 Å². The van der Waals surface area contributed by atoms with Crippen LogP contribution < -0.4 is 4.90 Å². The van der Waals surface area contributed by atoms with Crippen LogP contribution in [-0.4, -0.2) is 58.3 Å².